The Labute approximate surface area is 131 Å². The van der Waals surface area contributed by atoms with Crippen LogP contribution >= 0.6 is 7.92 Å². The molecule has 3 nitrogen and oxygen atoms in total. The summed E-state index contributed by atoms with van der Waals surface area (Å²) in [5, 5.41) is 0. The lowest BCUT2D eigenvalue weighted by molar-refractivity contribution is 1.19. The van der Waals surface area contributed by atoms with Gasteiger partial charge in [-0.3, -0.25) is 0 Å². The largest absolute Gasteiger partial charge is 0.323 e. The molecule has 0 aliphatic carbocycles. The Morgan fingerprint density at radius 1 is 0.636 bits per heavy atom. The first-order valence-corrected chi connectivity index (χ1v) is 8.32. The predicted octanol–water partition coefficient (Wildman–Crippen LogP) is 3.15. The first-order chi connectivity index (χ1) is 10.8. The Balaban J connectivity index is 2.25. The molecule has 0 N–H and O–H groups in total. The summed E-state index contributed by atoms with van der Waals surface area (Å²) in [6.07, 6.45) is 11.6. The average molecular weight is 307 g/mol. The quantitative estimate of drug-likeness (QED) is 0.622. The van der Waals surface area contributed by atoms with Gasteiger partial charge >= 0.3 is 0 Å². The van der Waals surface area contributed by atoms with Crippen molar-refractivity contribution >= 4 is 42.8 Å². The van der Waals surface area contributed by atoms with Crippen molar-refractivity contribution in [3.8, 4) is 0 Å². The third-order valence-electron chi connectivity index (χ3n) is 3.55. The molecule has 4 heteroatoms. The highest BCUT2D eigenvalue weighted by Crippen LogP contribution is 2.33. The topological polar surface area (TPSA) is 14.8 Å². The highest BCUT2D eigenvalue weighted by Gasteiger charge is 2.24. The first kappa shape index (κ1) is 14.4. The summed E-state index contributed by atoms with van der Waals surface area (Å²) in [4.78, 5) is 0. The first-order valence-electron chi connectivity index (χ1n) is 6.98. The number of nitrogens with zero attached hydrogens (tertiary/aromatic N) is 3. The molecule has 0 spiro atoms. The van der Waals surface area contributed by atoms with Crippen LogP contribution in [0.2, 0.25) is 0 Å². The van der Waals surface area contributed by atoms with E-state index in [1.54, 1.807) is 0 Å². The molecule has 110 valence electrons. The van der Waals surface area contributed by atoms with Gasteiger partial charge in [0.25, 0.3) is 0 Å². The molecule has 0 radical (unpaired) electrons. The standard InChI is InChI=1S/C18H18N3P/c1-4-19-13-7-10-16(19)22(17-11-8-14-20(17)5-2)18-12-9-15-21(18)6-3/h4-15H,1-3H2. The molecule has 0 aromatic carbocycles. The van der Waals surface area contributed by atoms with Gasteiger partial charge in [-0.15, -0.1) is 0 Å². The van der Waals surface area contributed by atoms with Gasteiger partial charge in [-0.25, -0.2) is 0 Å². The van der Waals surface area contributed by atoms with E-state index >= 15 is 0 Å². The Kier molecular flexibility index (Phi) is 3.99. The van der Waals surface area contributed by atoms with Crippen molar-refractivity contribution in [2.75, 3.05) is 0 Å². The molecule has 3 heterocycles. The van der Waals surface area contributed by atoms with Crippen LogP contribution in [0, 0.1) is 0 Å². The third kappa shape index (κ3) is 2.30. The smallest absolute Gasteiger partial charge is 0.0573 e. The van der Waals surface area contributed by atoms with Gasteiger partial charge in [0.1, 0.15) is 0 Å². The summed E-state index contributed by atoms with van der Waals surface area (Å²) in [6.45, 7) is 11.7. The molecule has 0 fully saturated rings. The van der Waals surface area contributed by atoms with Crippen molar-refractivity contribution in [1.29, 1.82) is 0 Å². The van der Waals surface area contributed by atoms with Crippen LogP contribution < -0.4 is 16.3 Å². The summed E-state index contributed by atoms with van der Waals surface area (Å²) in [5.41, 5.74) is 3.65. The molecule has 22 heavy (non-hydrogen) atoms. The lowest BCUT2D eigenvalue weighted by Crippen LogP contribution is -2.29. The van der Waals surface area contributed by atoms with Gasteiger partial charge in [0.15, 0.2) is 0 Å². The minimum atomic E-state index is -0.740. The van der Waals surface area contributed by atoms with Gasteiger partial charge in [-0.05, 0) is 36.4 Å². The van der Waals surface area contributed by atoms with Crippen molar-refractivity contribution in [1.82, 2.24) is 13.7 Å². The zero-order chi connectivity index (χ0) is 15.5. The van der Waals surface area contributed by atoms with Gasteiger partial charge in [0, 0.05) is 45.1 Å². The van der Waals surface area contributed by atoms with E-state index in [1.165, 1.54) is 16.3 Å². The molecule has 0 amide bonds. The molecule has 0 bridgehead atoms. The molecule has 0 saturated heterocycles. The van der Waals surface area contributed by atoms with Crippen molar-refractivity contribution in [3.05, 3.63) is 74.7 Å². The fourth-order valence-electron chi connectivity index (χ4n) is 2.54. The molecular formula is C18H18N3P. The average Bonchev–Trinajstić information content (AvgIpc) is 3.28. The van der Waals surface area contributed by atoms with Gasteiger partial charge in [-0.2, -0.15) is 0 Å². The fourth-order valence-corrected chi connectivity index (χ4v) is 5.09. The molecule has 0 atom stereocenters. The third-order valence-corrected chi connectivity index (χ3v) is 6.06. The fraction of sp³-hybridized carbons (Fsp3) is 0. The van der Waals surface area contributed by atoms with Gasteiger partial charge in [0.2, 0.25) is 0 Å². The lowest BCUT2D eigenvalue weighted by Gasteiger charge is -2.21. The van der Waals surface area contributed by atoms with Crippen LogP contribution in [-0.2, 0) is 0 Å². The molecule has 3 rings (SSSR count). The molecular weight excluding hydrogens is 289 g/mol. The summed E-state index contributed by atoms with van der Waals surface area (Å²) in [5.74, 6) is 0. The van der Waals surface area contributed by atoms with E-state index in [0.717, 1.165) is 0 Å². The number of hydrogen-bond acceptors (Lipinski definition) is 0. The highest BCUT2D eigenvalue weighted by atomic mass is 31.1. The minimum Gasteiger partial charge on any atom is -0.323 e. The van der Waals surface area contributed by atoms with Crippen molar-refractivity contribution in [3.63, 3.8) is 0 Å². The van der Waals surface area contributed by atoms with Crippen LogP contribution in [0.4, 0.5) is 0 Å². The molecule has 3 aromatic heterocycles. The van der Waals surface area contributed by atoms with Crippen molar-refractivity contribution in [2.45, 2.75) is 0 Å². The van der Waals surface area contributed by atoms with E-state index in [0.29, 0.717) is 0 Å². The van der Waals surface area contributed by atoms with Crippen molar-refractivity contribution < 1.29 is 0 Å². The zero-order valence-electron chi connectivity index (χ0n) is 12.3. The number of rotatable bonds is 6. The number of aromatic nitrogens is 3. The minimum absolute atomic E-state index is 0.740. The summed E-state index contributed by atoms with van der Waals surface area (Å²) >= 11 is 0. The lowest BCUT2D eigenvalue weighted by atomic mass is 10.7. The Bertz CT molecular complexity index is 709. The second kappa shape index (κ2) is 6.08. The SMILES string of the molecule is C=Cn1cccc1P(c1cccn1C=C)c1cccn1C=C. The van der Waals surface area contributed by atoms with E-state index in [2.05, 4.69) is 69.8 Å². The van der Waals surface area contributed by atoms with Crippen LogP contribution in [0.15, 0.2) is 74.7 Å². The predicted molar refractivity (Wildman–Crippen MR) is 98.3 cm³/mol. The van der Waals surface area contributed by atoms with Gasteiger partial charge < -0.3 is 13.7 Å². The van der Waals surface area contributed by atoms with Crippen LogP contribution in [0.25, 0.3) is 18.6 Å². The Hall–Kier alpha value is -2.51. The summed E-state index contributed by atoms with van der Waals surface area (Å²) in [6, 6.07) is 12.6. The second-order valence-corrected chi connectivity index (χ2v) is 6.75. The molecule has 0 aliphatic rings. The number of hydrogen-bond donors (Lipinski definition) is 0. The maximum atomic E-state index is 3.91. The van der Waals surface area contributed by atoms with Gasteiger partial charge in [-0.1, -0.05) is 19.7 Å². The van der Waals surface area contributed by atoms with Crippen LogP contribution in [-0.4, -0.2) is 13.7 Å². The molecule has 0 unspecified atom stereocenters. The van der Waals surface area contributed by atoms with E-state index < -0.39 is 7.92 Å². The zero-order valence-corrected chi connectivity index (χ0v) is 13.2. The summed E-state index contributed by atoms with van der Waals surface area (Å²) in [7, 11) is -0.740. The molecule has 0 saturated carbocycles. The maximum Gasteiger partial charge on any atom is 0.0573 e. The normalized spacial score (nSPS) is 10.8. The van der Waals surface area contributed by atoms with E-state index in [9.17, 15) is 0 Å². The van der Waals surface area contributed by atoms with E-state index in [1.807, 2.05) is 37.2 Å². The van der Waals surface area contributed by atoms with Gasteiger partial charge in [0.05, 0.1) is 16.3 Å². The van der Waals surface area contributed by atoms with E-state index in [-0.39, 0.29) is 0 Å². The monoisotopic (exact) mass is 307 g/mol. The maximum absolute atomic E-state index is 3.91. The Morgan fingerprint density at radius 3 is 1.23 bits per heavy atom. The summed E-state index contributed by atoms with van der Waals surface area (Å²) < 4.78 is 6.23. The molecule has 0 aliphatic heterocycles. The van der Waals surface area contributed by atoms with Crippen molar-refractivity contribution in [2.24, 2.45) is 0 Å². The van der Waals surface area contributed by atoms with Crippen LogP contribution in [0.3, 0.4) is 0 Å². The van der Waals surface area contributed by atoms with Crippen LogP contribution in [0.5, 0.6) is 0 Å². The van der Waals surface area contributed by atoms with E-state index in [4.69, 9.17) is 0 Å². The Morgan fingerprint density at radius 2 is 0.955 bits per heavy atom. The van der Waals surface area contributed by atoms with Crippen LogP contribution in [0.1, 0.15) is 0 Å². The second-order valence-electron chi connectivity index (χ2n) is 4.70. The molecule has 3 aromatic rings. The highest BCUT2D eigenvalue weighted by molar-refractivity contribution is 7.79.